The molecule has 2 N–H and O–H groups in total. The first kappa shape index (κ1) is 28.4. The van der Waals surface area contributed by atoms with Crippen LogP contribution in [0.3, 0.4) is 0 Å². The van der Waals surface area contributed by atoms with Crippen LogP contribution in [0, 0.1) is 0 Å². The first-order valence-corrected chi connectivity index (χ1v) is 13.8. The van der Waals surface area contributed by atoms with Crippen molar-refractivity contribution >= 4 is 44.9 Å². The van der Waals surface area contributed by atoms with Crippen LogP contribution in [0.25, 0.3) is 0 Å². The Labute approximate surface area is 221 Å². The summed E-state index contributed by atoms with van der Waals surface area (Å²) in [5, 5.41) is 10.00. The number of hydrogen-bond donors (Lipinski definition) is 2. The van der Waals surface area contributed by atoms with Crippen molar-refractivity contribution in [3.05, 3.63) is 69.7 Å². The largest absolute Gasteiger partial charge is 0.357 e. The number of nitrogens with zero attached hydrogens (tertiary/aromatic N) is 1. The smallest absolute Gasteiger partial charge is 0.253 e. The zero-order chi connectivity index (χ0) is 26.8. The highest BCUT2D eigenvalue weighted by Crippen LogP contribution is 2.44. The summed E-state index contributed by atoms with van der Waals surface area (Å²) in [5.41, 5.74) is 2.83. The lowest BCUT2D eigenvalue weighted by Gasteiger charge is -2.47. The van der Waals surface area contributed by atoms with Crippen molar-refractivity contribution in [3.8, 4) is 0 Å². The Hall–Kier alpha value is -2.17. The maximum Gasteiger partial charge on any atom is 0.253 e. The molecule has 3 rings (SSSR count). The number of hydroxylamine groups is 1. The maximum absolute atomic E-state index is 13.7. The van der Waals surface area contributed by atoms with Crippen molar-refractivity contribution in [2.45, 2.75) is 63.2 Å². The highest BCUT2D eigenvalue weighted by Gasteiger charge is 2.47. The van der Waals surface area contributed by atoms with E-state index in [9.17, 15) is 18.0 Å². The molecule has 2 amide bonds. The minimum atomic E-state index is -3.61. The molecule has 1 unspecified atom stereocenters. The zero-order valence-corrected chi connectivity index (χ0v) is 22.8. The predicted molar refractivity (Wildman–Crippen MR) is 138 cm³/mol. The predicted octanol–water partition coefficient (Wildman–Crippen LogP) is 4.50. The third-order valence-electron chi connectivity index (χ3n) is 6.18. The standard InChI is InChI=1S/C25H30Cl2N2O6S/c1-15(14-36(33,34)25(2,3)4)29-22(16-8-10-18(26)11-9-16)23(17-6-5-7-19(27)12-17)35-20(24(29)31)13-21(30)28-32/h5-12,15,20,22-23,32H,13-14H2,1-4H3,(H,28,30)/t15?,20-,22-,23-/m1/s1. The molecule has 196 valence electrons. The van der Waals surface area contributed by atoms with Crippen molar-refractivity contribution < 1.29 is 28.0 Å². The van der Waals surface area contributed by atoms with Gasteiger partial charge in [-0.15, -0.1) is 0 Å². The summed E-state index contributed by atoms with van der Waals surface area (Å²) in [4.78, 5) is 27.2. The Morgan fingerprint density at radius 2 is 1.75 bits per heavy atom. The van der Waals surface area contributed by atoms with Crippen molar-refractivity contribution in [3.63, 3.8) is 0 Å². The van der Waals surface area contributed by atoms with Crippen LogP contribution in [0.4, 0.5) is 0 Å². The van der Waals surface area contributed by atoms with Gasteiger partial charge >= 0.3 is 0 Å². The van der Waals surface area contributed by atoms with Crippen LogP contribution in [0.2, 0.25) is 10.0 Å². The van der Waals surface area contributed by atoms with Gasteiger partial charge in [-0.05, 0) is 63.1 Å². The topological polar surface area (TPSA) is 113 Å². The number of carbonyl (C=O) groups excluding carboxylic acids is 2. The fourth-order valence-electron chi connectivity index (χ4n) is 4.19. The zero-order valence-electron chi connectivity index (χ0n) is 20.4. The first-order valence-electron chi connectivity index (χ1n) is 11.4. The minimum Gasteiger partial charge on any atom is -0.357 e. The summed E-state index contributed by atoms with van der Waals surface area (Å²) in [6, 6.07) is 12.3. The number of hydrogen-bond acceptors (Lipinski definition) is 6. The Bertz CT molecular complexity index is 1210. The minimum absolute atomic E-state index is 0.298. The average molecular weight is 557 g/mol. The summed E-state index contributed by atoms with van der Waals surface area (Å²) in [6.45, 7) is 6.48. The molecule has 36 heavy (non-hydrogen) atoms. The van der Waals surface area contributed by atoms with E-state index in [2.05, 4.69) is 0 Å². The van der Waals surface area contributed by atoms with Gasteiger partial charge in [0, 0.05) is 16.1 Å². The van der Waals surface area contributed by atoms with Gasteiger partial charge in [-0.2, -0.15) is 0 Å². The number of sulfone groups is 1. The molecule has 1 aliphatic rings. The van der Waals surface area contributed by atoms with E-state index in [1.807, 2.05) is 0 Å². The molecule has 1 heterocycles. The summed E-state index contributed by atoms with van der Waals surface area (Å²) in [6.07, 6.45) is -2.50. The Morgan fingerprint density at radius 3 is 2.31 bits per heavy atom. The molecule has 4 atom stereocenters. The van der Waals surface area contributed by atoms with Gasteiger partial charge in [0.15, 0.2) is 9.84 Å². The van der Waals surface area contributed by atoms with Crippen LogP contribution in [0.1, 0.15) is 57.4 Å². The molecular weight excluding hydrogens is 527 g/mol. The van der Waals surface area contributed by atoms with E-state index >= 15 is 0 Å². The quantitative estimate of drug-likeness (QED) is 0.383. The van der Waals surface area contributed by atoms with Gasteiger partial charge in [-0.3, -0.25) is 14.8 Å². The van der Waals surface area contributed by atoms with Gasteiger partial charge in [0.25, 0.3) is 5.91 Å². The summed E-state index contributed by atoms with van der Waals surface area (Å²) >= 11 is 12.4. The fraction of sp³-hybridized carbons (Fsp3) is 0.440. The molecule has 0 radical (unpaired) electrons. The van der Waals surface area contributed by atoms with E-state index in [0.29, 0.717) is 21.2 Å². The fourth-order valence-corrected chi connectivity index (χ4v) is 5.81. The molecule has 0 saturated carbocycles. The van der Waals surface area contributed by atoms with Crippen molar-refractivity contribution in [1.29, 1.82) is 0 Å². The van der Waals surface area contributed by atoms with E-state index in [1.54, 1.807) is 76.2 Å². The third kappa shape index (κ3) is 6.20. The lowest BCUT2D eigenvalue weighted by atomic mass is 9.90. The Morgan fingerprint density at radius 1 is 1.11 bits per heavy atom. The van der Waals surface area contributed by atoms with E-state index in [-0.39, 0.29) is 5.75 Å². The monoisotopic (exact) mass is 556 g/mol. The second-order valence-corrected chi connectivity index (χ2v) is 13.5. The number of carbonyl (C=O) groups is 2. The summed E-state index contributed by atoms with van der Waals surface area (Å²) in [5.74, 6) is -1.67. The SMILES string of the molecule is CC(CS(=O)(=O)C(C)(C)C)N1C(=O)[C@@H](CC(=O)NO)O[C@H](c2cccc(Cl)c2)[C@H]1c1ccc(Cl)cc1. The number of amides is 2. The lowest BCUT2D eigenvalue weighted by molar-refractivity contribution is -0.180. The number of nitrogens with one attached hydrogen (secondary N) is 1. The van der Waals surface area contributed by atoms with Crippen LogP contribution in [0.15, 0.2) is 48.5 Å². The van der Waals surface area contributed by atoms with Crippen LogP contribution in [-0.2, 0) is 24.2 Å². The van der Waals surface area contributed by atoms with Crippen LogP contribution in [-0.4, -0.2) is 53.0 Å². The van der Waals surface area contributed by atoms with Crippen molar-refractivity contribution in [1.82, 2.24) is 10.4 Å². The first-order chi connectivity index (χ1) is 16.7. The molecule has 0 aromatic heterocycles. The molecule has 0 spiro atoms. The highest BCUT2D eigenvalue weighted by molar-refractivity contribution is 7.92. The molecule has 2 aromatic rings. The summed E-state index contributed by atoms with van der Waals surface area (Å²) < 4.78 is 31.4. The van der Waals surface area contributed by atoms with Gasteiger partial charge in [-0.1, -0.05) is 47.5 Å². The number of rotatable bonds is 7. The summed E-state index contributed by atoms with van der Waals surface area (Å²) in [7, 11) is -3.61. The highest BCUT2D eigenvalue weighted by atomic mass is 35.5. The molecule has 1 fully saturated rings. The van der Waals surface area contributed by atoms with Crippen molar-refractivity contribution in [2.75, 3.05) is 5.75 Å². The van der Waals surface area contributed by atoms with Gasteiger partial charge in [0.2, 0.25) is 5.91 Å². The van der Waals surface area contributed by atoms with E-state index < -0.39 is 57.1 Å². The maximum atomic E-state index is 13.7. The normalized spacial score (nSPS) is 21.8. The van der Waals surface area contributed by atoms with E-state index in [4.69, 9.17) is 33.1 Å². The Kier molecular flexibility index (Phi) is 8.73. The van der Waals surface area contributed by atoms with E-state index in [0.717, 1.165) is 0 Å². The molecule has 0 bridgehead atoms. The van der Waals surface area contributed by atoms with Crippen LogP contribution >= 0.6 is 23.2 Å². The van der Waals surface area contributed by atoms with E-state index in [1.165, 1.54) is 10.4 Å². The van der Waals surface area contributed by atoms with Crippen LogP contribution < -0.4 is 5.48 Å². The molecule has 1 saturated heterocycles. The molecule has 1 aliphatic heterocycles. The van der Waals surface area contributed by atoms with Gasteiger partial charge in [0.1, 0.15) is 12.2 Å². The van der Waals surface area contributed by atoms with Crippen LogP contribution in [0.5, 0.6) is 0 Å². The average Bonchev–Trinajstić information content (AvgIpc) is 2.79. The molecule has 8 nitrogen and oxygen atoms in total. The molecule has 0 aliphatic carbocycles. The van der Waals surface area contributed by atoms with Gasteiger partial charge in [0.05, 0.1) is 23.0 Å². The molecule has 2 aromatic carbocycles. The second kappa shape index (κ2) is 11.1. The third-order valence-corrected chi connectivity index (χ3v) is 9.45. The second-order valence-electron chi connectivity index (χ2n) is 9.82. The molecular formula is C25H30Cl2N2O6S. The number of ether oxygens (including phenoxy) is 1. The molecule has 11 heteroatoms. The number of morpholine rings is 1. The van der Waals surface area contributed by atoms with Crippen molar-refractivity contribution in [2.24, 2.45) is 0 Å². The van der Waals surface area contributed by atoms with Gasteiger partial charge in [-0.25, -0.2) is 13.9 Å². The Balaban J connectivity index is 2.17. The number of halogens is 2. The van der Waals surface area contributed by atoms with Gasteiger partial charge < -0.3 is 9.64 Å². The number of benzene rings is 2. The lowest BCUT2D eigenvalue weighted by Crippen LogP contribution is -2.56.